The molecule has 24 heavy (non-hydrogen) atoms. The molecule has 1 aliphatic rings. The molecule has 0 N–H and O–H groups in total. The summed E-state index contributed by atoms with van der Waals surface area (Å²) in [6, 6.07) is 3.55. The Morgan fingerprint density at radius 2 is 1.67 bits per heavy atom. The van der Waals surface area contributed by atoms with Crippen molar-refractivity contribution >= 4 is 27.6 Å². The fraction of sp³-hybridized carbons (Fsp3) is 0.385. The fourth-order valence-electron chi connectivity index (χ4n) is 2.42. The smallest absolute Gasteiger partial charge is 0.352 e. The van der Waals surface area contributed by atoms with Crippen LogP contribution in [-0.4, -0.2) is 47.6 Å². The van der Waals surface area contributed by atoms with Gasteiger partial charge in [0.2, 0.25) is 10.0 Å². The molecule has 0 saturated carbocycles. The zero-order valence-electron chi connectivity index (χ0n) is 12.3. The molecule has 2 aromatic rings. The van der Waals surface area contributed by atoms with E-state index in [0.717, 1.165) is 36.0 Å². The van der Waals surface area contributed by atoms with Crippen molar-refractivity contribution in [3.05, 3.63) is 36.0 Å². The Morgan fingerprint density at radius 1 is 1.04 bits per heavy atom. The Bertz CT molecular complexity index is 784. The maximum Gasteiger partial charge on any atom is 0.416 e. The highest BCUT2D eigenvalue weighted by molar-refractivity contribution is 7.89. The lowest BCUT2D eigenvalue weighted by Gasteiger charge is -2.33. The summed E-state index contributed by atoms with van der Waals surface area (Å²) in [7, 11) is -3.81. The molecule has 0 spiro atoms. The summed E-state index contributed by atoms with van der Waals surface area (Å²) >= 11 is 1.07. The normalized spacial score (nSPS) is 17.2. The zero-order chi connectivity index (χ0) is 17.4. The van der Waals surface area contributed by atoms with Gasteiger partial charge in [0.1, 0.15) is 0 Å². The lowest BCUT2D eigenvalue weighted by atomic mass is 10.2. The van der Waals surface area contributed by atoms with Crippen LogP contribution in [0.25, 0.3) is 0 Å². The predicted octanol–water partition coefficient (Wildman–Crippen LogP) is 2.07. The molecule has 0 bridgehead atoms. The van der Waals surface area contributed by atoms with Crippen LogP contribution in [0.2, 0.25) is 0 Å². The van der Waals surface area contributed by atoms with Gasteiger partial charge in [-0.2, -0.15) is 26.2 Å². The molecule has 0 aliphatic carbocycles. The highest BCUT2D eigenvalue weighted by Gasteiger charge is 2.32. The second kappa shape index (κ2) is 6.30. The van der Waals surface area contributed by atoms with Crippen LogP contribution < -0.4 is 4.90 Å². The first-order chi connectivity index (χ1) is 11.3. The van der Waals surface area contributed by atoms with E-state index >= 15 is 0 Å². The minimum Gasteiger partial charge on any atom is -0.352 e. The number of aromatic nitrogens is 2. The van der Waals surface area contributed by atoms with Gasteiger partial charge in [-0.05, 0) is 24.3 Å². The van der Waals surface area contributed by atoms with Gasteiger partial charge in [-0.3, -0.25) is 0 Å². The third-order valence-corrected chi connectivity index (χ3v) is 6.11. The predicted molar refractivity (Wildman–Crippen MR) is 82.3 cm³/mol. The van der Waals surface area contributed by atoms with Gasteiger partial charge in [-0.1, -0.05) is 0 Å². The first-order valence-corrected chi connectivity index (χ1v) is 9.15. The van der Waals surface area contributed by atoms with E-state index in [1.165, 1.54) is 4.31 Å². The molecule has 1 aromatic carbocycles. The number of sulfonamides is 1. The first kappa shape index (κ1) is 17.1. The minimum absolute atomic E-state index is 0.140. The molecular weight excluding hydrogens is 365 g/mol. The molecule has 1 saturated heterocycles. The Morgan fingerprint density at radius 3 is 2.17 bits per heavy atom. The van der Waals surface area contributed by atoms with Gasteiger partial charge >= 0.3 is 6.18 Å². The Hall–Kier alpha value is -1.72. The van der Waals surface area contributed by atoms with Crippen molar-refractivity contribution in [1.29, 1.82) is 0 Å². The lowest BCUT2D eigenvalue weighted by molar-refractivity contribution is -0.137. The summed E-state index contributed by atoms with van der Waals surface area (Å²) in [5.74, 6) is 0.701. The number of nitrogens with zero attached hydrogens (tertiary/aromatic N) is 4. The average molecular weight is 378 g/mol. The molecule has 0 atom stereocenters. The topological polar surface area (TPSA) is 66.4 Å². The average Bonchev–Trinajstić information content (AvgIpc) is 3.09. The highest BCUT2D eigenvalue weighted by atomic mass is 32.2. The number of hydrogen-bond acceptors (Lipinski definition) is 6. The number of anilines is 1. The lowest BCUT2D eigenvalue weighted by Crippen LogP contribution is -2.48. The molecule has 1 aliphatic heterocycles. The molecular formula is C13H13F3N4O2S2. The quantitative estimate of drug-likeness (QED) is 0.818. The summed E-state index contributed by atoms with van der Waals surface area (Å²) in [5, 5.41) is 0. The van der Waals surface area contributed by atoms with Gasteiger partial charge in [0, 0.05) is 26.2 Å². The SMILES string of the molecule is O=S(=O)(c1ccc(C(F)(F)F)cc1)N1CCN(c2cnsn2)CC1. The molecule has 0 radical (unpaired) electrons. The Labute approximate surface area is 140 Å². The van der Waals surface area contributed by atoms with E-state index < -0.39 is 21.8 Å². The zero-order valence-corrected chi connectivity index (χ0v) is 13.9. The van der Waals surface area contributed by atoms with Crippen LogP contribution in [0.5, 0.6) is 0 Å². The van der Waals surface area contributed by atoms with Crippen LogP contribution in [0, 0.1) is 0 Å². The van der Waals surface area contributed by atoms with Gasteiger partial charge < -0.3 is 4.90 Å². The molecule has 2 heterocycles. The van der Waals surface area contributed by atoms with Crippen molar-refractivity contribution in [3.8, 4) is 0 Å². The number of alkyl halides is 3. The van der Waals surface area contributed by atoms with Crippen LogP contribution in [-0.2, 0) is 16.2 Å². The van der Waals surface area contributed by atoms with Crippen molar-refractivity contribution in [2.75, 3.05) is 31.1 Å². The molecule has 1 aromatic heterocycles. The highest BCUT2D eigenvalue weighted by Crippen LogP contribution is 2.30. The Kier molecular flexibility index (Phi) is 4.49. The van der Waals surface area contributed by atoms with Gasteiger partial charge in [0.05, 0.1) is 28.4 Å². The number of hydrogen-bond donors (Lipinski definition) is 0. The summed E-state index contributed by atoms with van der Waals surface area (Å²) < 4.78 is 72.1. The Balaban J connectivity index is 1.72. The molecule has 6 nitrogen and oxygen atoms in total. The van der Waals surface area contributed by atoms with Crippen LogP contribution in [0.15, 0.2) is 35.4 Å². The standard InChI is InChI=1S/C13H13F3N4O2S2/c14-13(15,16)10-1-3-11(4-2-10)24(21,22)20-7-5-19(6-8-20)12-9-17-23-18-12/h1-4,9H,5-8H2. The van der Waals surface area contributed by atoms with Crippen LogP contribution in [0.3, 0.4) is 0 Å². The molecule has 1 fully saturated rings. The van der Waals surface area contributed by atoms with Gasteiger partial charge in [-0.25, -0.2) is 8.42 Å². The van der Waals surface area contributed by atoms with Crippen molar-refractivity contribution in [2.24, 2.45) is 0 Å². The van der Waals surface area contributed by atoms with Crippen LogP contribution in [0.4, 0.5) is 19.0 Å². The van der Waals surface area contributed by atoms with Crippen molar-refractivity contribution in [3.63, 3.8) is 0 Å². The van der Waals surface area contributed by atoms with Gasteiger partial charge in [0.25, 0.3) is 0 Å². The maximum absolute atomic E-state index is 12.6. The second-order valence-electron chi connectivity index (χ2n) is 5.18. The summed E-state index contributed by atoms with van der Waals surface area (Å²) in [5.41, 5.74) is -0.873. The third-order valence-electron chi connectivity index (χ3n) is 3.73. The largest absolute Gasteiger partial charge is 0.416 e. The van der Waals surface area contributed by atoms with E-state index in [1.807, 2.05) is 4.90 Å². The molecule has 3 rings (SSSR count). The van der Waals surface area contributed by atoms with E-state index in [1.54, 1.807) is 6.20 Å². The fourth-order valence-corrected chi connectivity index (χ4v) is 4.28. The van der Waals surface area contributed by atoms with Crippen molar-refractivity contribution < 1.29 is 21.6 Å². The molecule has 0 unspecified atom stereocenters. The first-order valence-electron chi connectivity index (χ1n) is 6.98. The second-order valence-corrected chi connectivity index (χ2v) is 7.67. The van der Waals surface area contributed by atoms with E-state index in [4.69, 9.17) is 0 Å². The van der Waals surface area contributed by atoms with Crippen LogP contribution >= 0.6 is 11.7 Å². The summed E-state index contributed by atoms with van der Waals surface area (Å²) in [4.78, 5) is 1.78. The monoisotopic (exact) mass is 378 g/mol. The maximum atomic E-state index is 12.6. The third kappa shape index (κ3) is 3.37. The number of piperazine rings is 1. The molecule has 0 amide bonds. The summed E-state index contributed by atoms with van der Waals surface area (Å²) in [6.07, 6.45) is -2.87. The van der Waals surface area contributed by atoms with E-state index in [-0.39, 0.29) is 18.0 Å². The molecule has 11 heteroatoms. The van der Waals surface area contributed by atoms with Gasteiger partial charge in [-0.15, -0.1) is 0 Å². The summed E-state index contributed by atoms with van der Waals surface area (Å²) in [6.45, 7) is 1.37. The number of halogens is 3. The van der Waals surface area contributed by atoms with E-state index in [2.05, 4.69) is 8.75 Å². The van der Waals surface area contributed by atoms with Crippen molar-refractivity contribution in [1.82, 2.24) is 13.1 Å². The van der Waals surface area contributed by atoms with E-state index in [0.29, 0.717) is 18.9 Å². The minimum atomic E-state index is -4.49. The number of rotatable bonds is 3. The van der Waals surface area contributed by atoms with Gasteiger partial charge in [0.15, 0.2) is 5.82 Å². The number of benzene rings is 1. The van der Waals surface area contributed by atoms with Crippen LogP contribution in [0.1, 0.15) is 5.56 Å². The van der Waals surface area contributed by atoms with Crippen molar-refractivity contribution in [2.45, 2.75) is 11.1 Å². The molecule has 130 valence electrons. The van der Waals surface area contributed by atoms with E-state index in [9.17, 15) is 21.6 Å².